The molecule has 0 saturated carbocycles. The quantitative estimate of drug-likeness (QED) is 0.612. The van der Waals surface area contributed by atoms with Crippen molar-refractivity contribution in [2.45, 2.75) is 13.0 Å². The average molecular weight is 440 g/mol. The summed E-state index contributed by atoms with van der Waals surface area (Å²) in [5.41, 5.74) is 0.183. The third-order valence-electron chi connectivity index (χ3n) is 4.11. The number of rotatable bonds is 10. The highest BCUT2D eigenvalue weighted by molar-refractivity contribution is 7.90. The van der Waals surface area contributed by atoms with Crippen LogP contribution >= 0.6 is 0 Å². The summed E-state index contributed by atoms with van der Waals surface area (Å²) in [4.78, 5) is 12.5. The Morgan fingerprint density at radius 2 is 1.63 bits per heavy atom. The largest absolute Gasteiger partial charge is 0.497 e. The Bertz CT molecular complexity index is 934. The van der Waals surface area contributed by atoms with Crippen LogP contribution in [-0.2, 0) is 15.0 Å². The van der Waals surface area contributed by atoms with Crippen LogP contribution < -0.4 is 19.1 Å². The monoisotopic (exact) mass is 439 g/mol. The number of nitrogens with zero attached hydrogens (tertiary/aromatic N) is 2. The van der Waals surface area contributed by atoms with Gasteiger partial charge in [-0.3, -0.25) is 4.79 Å². The van der Waals surface area contributed by atoms with E-state index in [0.29, 0.717) is 11.5 Å². The van der Waals surface area contributed by atoms with Crippen LogP contribution in [0.1, 0.15) is 6.92 Å². The summed E-state index contributed by atoms with van der Waals surface area (Å²) in [7, 11) is 0.324. The standard InChI is InChI=1S/C20H26FN3O5S/c1-15(14-29-19-11-9-18(28-4)10-12-19)22-20(25)13-24(30(26,27)23(2)3)17-7-5-16(21)6-8-17/h5-12,15H,13-14H2,1-4H3,(H,22,25)/t15-/m1/s1. The molecule has 1 amide bonds. The lowest BCUT2D eigenvalue weighted by Gasteiger charge is -2.27. The van der Waals surface area contributed by atoms with Gasteiger partial charge in [0, 0.05) is 14.1 Å². The fraction of sp³-hybridized carbons (Fsp3) is 0.350. The number of ether oxygens (including phenoxy) is 2. The second kappa shape index (κ2) is 10.3. The fourth-order valence-corrected chi connectivity index (χ4v) is 3.56. The Labute approximate surface area is 176 Å². The van der Waals surface area contributed by atoms with Crippen LogP contribution in [0.4, 0.5) is 10.1 Å². The molecule has 30 heavy (non-hydrogen) atoms. The molecule has 1 atom stereocenters. The molecule has 0 aliphatic carbocycles. The molecule has 0 fully saturated rings. The molecule has 0 aliphatic heterocycles. The molecule has 0 heterocycles. The Kier molecular flexibility index (Phi) is 8.01. The van der Waals surface area contributed by atoms with Gasteiger partial charge in [-0.15, -0.1) is 0 Å². The lowest BCUT2D eigenvalue weighted by molar-refractivity contribution is -0.120. The molecule has 164 valence electrons. The van der Waals surface area contributed by atoms with Gasteiger partial charge in [0.15, 0.2) is 0 Å². The molecular weight excluding hydrogens is 413 g/mol. The summed E-state index contributed by atoms with van der Waals surface area (Å²) in [6.45, 7) is 1.47. The van der Waals surface area contributed by atoms with Gasteiger partial charge in [0.05, 0.1) is 18.8 Å². The number of anilines is 1. The summed E-state index contributed by atoms with van der Waals surface area (Å²) in [6.07, 6.45) is 0. The SMILES string of the molecule is COc1ccc(OC[C@@H](C)NC(=O)CN(c2ccc(F)cc2)S(=O)(=O)N(C)C)cc1. The minimum absolute atomic E-state index is 0.183. The molecule has 0 aliphatic rings. The van der Waals surface area contributed by atoms with Gasteiger partial charge in [-0.05, 0) is 55.5 Å². The van der Waals surface area contributed by atoms with Gasteiger partial charge in [-0.1, -0.05) is 0 Å². The van der Waals surface area contributed by atoms with Crippen molar-refractivity contribution >= 4 is 21.8 Å². The van der Waals surface area contributed by atoms with Gasteiger partial charge < -0.3 is 14.8 Å². The Morgan fingerprint density at radius 1 is 1.07 bits per heavy atom. The summed E-state index contributed by atoms with van der Waals surface area (Å²) < 4.78 is 51.1. The molecule has 10 heteroatoms. The van der Waals surface area contributed by atoms with Crippen LogP contribution in [0.5, 0.6) is 11.5 Å². The Morgan fingerprint density at radius 3 is 2.17 bits per heavy atom. The van der Waals surface area contributed by atoms with E-state index in [2.05, 4.69) is 5.32 Å². The van der Waals surface area contributed by atoms with E-state index in [1.54, 1.807) is 38.3 Å². The first-order valence-electron chi connectivity index (χ1n) is 9.15. The van der Waals surface area contributed by atoms with Crippen molar-refractivity contribution in [3.05, 3.63) is 54.3 Å². The topological polar surface area (TPSA) is 88.2 Å². The molecule has 0 saturated heterocycles. The molecule has 0 unspecified atom stereocenters. The molecule has 0 radical (unpaired) electrons. The van der Waals surface area contributed by atoms with Gasteiger partial charge in [-0.2, -0.15) is 12.7 Å². The maximum atomic E-state index is 13.2. The molecule has 2 aromatic rings. The van der Waals surface area contributed by atoms with E-state index < -0.39 is 28.5 Å². The number of halogens is 1. The van der Waals surface area contributed by atoms with E-state index in [1.807, 2.05) is 0 Å². The Hall–Kier alpha value is -2.85. The van der Waals surface area contributed by atoms with Crippen molar-refractivity contribution in [3.8, 4) is 11.5 Å². The van der Waals surface area contributed by atoms with Crippen molar-refractivity contribution in [2.75, 3.05) is 38.7 Å². The first-order valence-corrected chi connectivity index (χ1v) is 10.5. The number of hydrogen-bond donors (Lipinski definition) is 1. The number of benzene rings is 2. The molecule has 2 rings (SSSR count). The van der Waals surface area contributed by atoms with Gasteiger partial charge in [0.2, 0.25) is 5.91 Å². The van der Waals surface area contributed by atoms with Gasteiger partial charge in [0.25, 0.3) is 0 Å². The van der Waals surface area contributed by atoms with Crippen LogP contribution in [0.15, 0.2) is 48.5 Å². The number of carbonyl (C=O) groups is 1. The van der Waals surface area contributed by atoms with E-state index in [4.69, 9.17) is 9.47 Å². The number of nitrogens with one attached hydrogen (secondary N) is 1. The first kappa shape index (κ1) is 23.4. The van der Waals surface area contributed by atoms with Crippen molar-refractivity contribution in [1.29, 1.82) is 0 Å². The van der Waals surface area contributed by atoms with Crippen LogP contribution in [0.25, 0.3) is 0 Å². The van der Waals surface area contributed by atoms with Crippen LogP contribution in [0.3, 0.4) is 0 Å². The third kappa shape index (κ3) is 6.33. The van der Waals surface area contributed by atoms with E-state index in [1.165, 1.54) is 26.2 Å². The van der Waals surface area contributed by atoms with E-state index >= 15 is 0 Å². The van der Waals surface area contributed by atoms with Gasteiger partial charge in [-0.25, -0.2) is 8.70 Å². The van der Waals surface area contributed by atoms with Crippen molar-refractivity contribution in [3.63, 3.8) is 0 Å². The van der Waals surface area contributed by atoms with Crippen LogP contribution in [-0.4, -0.2) is 59.0 Å². The lowest BCUT2D eigenvalue weighted by Crippen LogP contribution is -2.48. The third-order valence-corrected chi connectivity index (χ3v) is 5.93. The Balaban J connectivity index is 2.01. The maximum Gasteiger partial charge on any atom is 0.304 e. The molecule has 8 nitrogen and oxygen atoms in total. The number of hydrogen-bond acceptors (Lipinski definition) is 5. The highest BCUT2D eigenvalue weighted by Crippen LogP contribution is 2.20. The van der Waals surface area contributed by atoms with Gasteiger partial charge >= 0.3 is 10.2 Å². The van der Waals surface area contributed by atoms with Crippen molar-refractivity contribution in [1.82, 2.24) is 9.62 Å². The zero-order valence-electron chi connectivity index (χ0n) is 17.3. The van der Waals surface area contributed by atoms with Crippen molar-refractivity contribution < 1.29 is 27.1 Å². The number of amides is 1. The van der Waals surface area contributed by atoms with Crippen LogP contribution in [0.2, 0.25) is 0 Å². The predicted molar refractivity (Wildman–Crippen MR) is 112 cm³/mol. The summed E-state index contributed by atoms with van der Waals surface area (Å²) in [5.74, 6) is 0.289. The molecule has 0 aromatic heterocycles. The summed E-state index contributed by atoms with van der Waals surface area (Å²) in [5, 5.41) is 2.71. The van der Waals surface area contributed by atoms with E-state index in [9.17, 15) is 17.6 Å². The van der Waals surface area contributed by atoms with E-state index in [-0.39, 0.29) is 18.3 Å². The maximum absolute atomic E-state index is 13.2. The molecular formula is C20H26FN3O5S. The molecule has 2 aromatic carbocycles. The predicted octanol–water partition coefficient (Wildman–Crippen LogP) is 2.03. The van der Waals surface area contributed by atoms with Gasteiger partial charge in [0.1, 0.15) is 30.5 Å². The van der Waals surface area contributed by atoms with Crippen LogP contribution in [0, 0.1) is 5.82 Å². The highest BCUT2D eigenvalue weighted by Gasteiger charge is 2.27. The molecule has 1 N–H and O–H groups in total. The fourth-order valence-electron chi connectivity index (χ4n) is 2.50. The average Bonchev–Trinajstić information content (AvgIpc) is 2.71. The minimum Gasteiger partial charge on any atom is -0.497 e. The first-order chi connectivity index (χ1) is 14.1. The summed E-state index contributed by atoms with van der Waals surface area (Å²) >= 11 is 0. The lowest BCUT2D eigenvalue weighted by atomic mass is 10.3. The number of carbonyl (C=O) groups excluding carboxylic acids is 1. The number of methoxy groups -OCH3 is 1. The minimum atomic E-state index is -3.96. The highest BCUT2D eigenvalue weighted by atomic mass is 32.2. The molecule has 0 bridgehead atoms. The van der Waals surface area contributed by atoms with Crippen molar-refractivity contribution in [2.24, 2.45) is 0 Å². The second-order valence-corrected chi connectivity index (χ2v) is 8.80. The normalized spacial score (nSPS) is 12.3. The second-order valence-electron chi connectivity index (χ2n) is 6.73. The van der Waals surface area contributed by atoms with E-state index in [0.717, 1.165) is 20.7 Å². The molecule has 0 spiro atoms. The zero-order valence-corrected chi connectivity index (χ0v) is 18.1. The zero-order chi connectivity index (χ0) is 22.3. The summed E-state index contributed by atoms with van der Waals surface area (Å²) in [6, 6.07) is 11.5. The smallest absolute Gasteiger partial charge is 0.304 e.